The van der Waals surface area contributed by atoms with Crippen molar-refractivity contribution < 1.29 is 38.9 Å². The van der Waals surface area contributed by atoms with E-state index in [0.717, 1.165) is 222 Å². The molecule has 8 nitrogen and oxygen atoms in total. The van der Waals surface area contributed by atoms with Crippen molar-refractivity contribution >= 4 is 57.2 Å². The second kappa shape index (κ2) is 30.1. The fourth-order valence-electron chi connectivity index (χ4n) is 18.3. The Hall–Kier alpha value is -13.6. The van der Waals surface area contributed by atoms with Crippen LogP contribution in [0.25, 0.3) is 166 Å². The molecule has 16 rings (SSSR count). The van der Waals surface area contributed by atoms with Gasteiger partial charge in [-0.25, -0.2) is 9.59 Å². The molecule has 0 aliphatic rings. The summed E-state index contributed by atoms with van der Waals surface area (Å²) in [4.78, 5) is 46.2. The average Bonchev–Trinajstić information content (AvgIpc) is 0.700. The normalized spacial score (nSPS) is 11.5. The Morgan fingerprint density at radius 2 is 0.362 bits per heavy atom. The second-order valence-electron chi connectivity index (χ2n) is 32.1. The molecule has 0 atom stereocenters. The van der Waals surface area contributed by atoms with Crippen LogP contribution in [0.15, 0.2) is 231 Å². The Bertz CT molecular complexity index is 6370. The molecule has 0 aliphatic heterocycles. The summed E-state index contributed by atoms with van der Waals surface area (Å²) >= 11 is 0. The minimum absolute atomic E-state index is 0.257. The van der Waals surface area contributed by atoms with Gasteiger partial charge in [-0.3, -0.25) is 9.59 Å². The Balaban J connectivity index is 0.923. The molecule has 0 fully saturated rings. The van der Waals surface area contributed by atoms with Crippen molar-refractivity contribution in [1.29, 1.82) is 0 Å². The van der Waals surface area contributed by atoms with Crippen molar-refractivity contribution in [1.82, 2.24) is 0 Å². The van der Waals surface area contributed by atoms with Crippen molar-refractivity contribution in [2.45, 2.75) is 111 Å². The SMILES string of the molecule is Cc1cc(-c2cc(C)c(-c3cc(-c4cc(C)c(-c5cc(C)c(-c6ccc(C(=O)O)cc6)cc5C)cc4C)c4ccc5c(-c6cc(C)c(-c7cc(C)c(-c8ccc(C(=O)O)cc8)cc7C)cc6C)cc(-c6cc(C)c(-c7cc(C)c(-c8ccc(OC=O)cc8)cc7C)cc6C)c6ccc3c4c65)cc2C)c(C)cc1-c1ccc(OC=O)cc1. The molecule has 0 saturated heterocycles. The van der Waals surface area contributed by atoms with Crippen molar-refractivity contribution in [2.75, 3.05) is 0 Å². The summed E-state index contributed by atoms with van der Waals surface area (Å²) in [7, 11) is 0. The maximum Gasteiger partial charge on any atom is 0.335 e. The highest BCUT2D eigenvalue weighted by Crippen LogP contribution is 2.53. The zero-order valence-electron chi connectivity index (χ0n) is 68.4. The predicted molar refractivity (Wildman–Crippen MR) is 478 cm³/mol. The number of rotatable bonds is 18. The van der Waals surface area contributed by atoms with Crippen LogP contribution in [0.5, 0.6) is 11.5 Å². The van der Waals surface area contributed by atoms with Crippen LogP contribution in [-0.4, -0.2) is 35.1 Å². The molecule has 16 aromatic rings. The van der Waals surface area contributed by atoms with Crippen LogP contribution in [0.2, 0.25) is 0 Å². The van der Waals surface area contributed by atoms with Gasteiger partial charge in [-0.15, -0.1) is 0 Å². The van der Waals surface area contributed by atoms with Crippen LogP contribution in [-0.2, 0) is 9.59 Å². The number of aromatic carboxylic acids is 2. The molecule has 0 amide bonds. The lowest BCUT2D eigenvalue weighted by Gasteiger charge is -2.25. The van der Waals surface area contributed by atoms with E-state index in [1.165, 1.54) is 33.0 Å². The van der Waals surface area contributed by atoms with Gasteiger partial charge in [0.25, 0.3) is 12.9 Å². The lowest BCUT2D eigenvalue weighted by atomic mass is 9.79. The molecule has 0 heterocycles. The smallest absolute Gasteiger partial charge is 0.335 e. The van der Waals surface area contributed by atoms with E-state index in [4.69, 9.17) is 9.47 Å². The van der Waals surface area contributed by atoms with Gasteiger partial charge in [0, 0.05) is 0 Å². The second-order valence-corrected chi connectivity index (χ2v) is 32.1. The summed E-state index contributed by atoms with van der Waals surface area (Å²) < 4.78 is 10.3. The fourth-order valence-corrected chi connectivity index (χ4v) is 18.3. The van der Waals surface area contributed by atoms with Crippen molar-refractivity contribution in [3.63, 3.8) is 0 Å². The molecule has 0 unspecified atom stereocenters. The predicted octanol–water partition coefficient (Wildman–Crippen LogP) is 28.0. The van der Waals surface area contributed by atoms with Gasteiger partial charge in [0.15, 0.2) is 0 Å². The highest BCUT2D eigenvalue weighted by molar-refractivity contribution is 6.32. The number of ether oxygens (including phenoxy) is 2. The lowest BCUT2D eigenvalue weighted by molar-refractivity contribution is -0.121. The topological polar surface area (TPSA) is 127 Å². The number of benzene rings is 16. The molecule has 116 heavy (non-hydrogen) atoms. The van der Waals surface area contributed by atoms with Crippen LogP contribution < -0.4 is 9.47 Å². The number of hydrogen-bond donors (Lipinski definition) is 2. The van der Waals surface area contributed by atoms with Gasteiger partial charge in [0.05, 0.1) is 11.1 Å². The third-order valence-corrected chi connectivity index (χ3v) is 24.4. The van der Waals surface area contributed by atoms with Gasteiger partial charge in [0.1, 0.15) is 11.5 Å². The van der Waals surface area contributed by atoms with Crippen LogP contribution >= 0.6 is 0 Å². The van der Waals surface area contributed by atoms with E-state index >= 15 is 0 Å². The summed E-state index contributed by atoms with van der Waals surface area (Å²) in [6, 6.07) is 81.6. The van der Waals surface area contributed by atoms with E-state index < -0.39 is 11.9 Å². The van der Waals surface area contributed by atoms with Crippen molar-refractivity contribution in [3.8, 4) is 145 Å². The molecule has 16 aromatic carbocycles. The van der Waals surface area contributed by atoms with Gasteiger partial charge in [0.2, 0.25) is 0 Å². The van der Waals surface area contributed by atoms with Crippen molar-refractivity contribution in [2.24, 2.45) is 0 Å². The number of carbonyl (C=O) groups excluding carboxylic acids is 2. The Kier molecular flexibility index (Phi) is 19.8. The first-order valence-electron chi connectivity index (χ1n) is 39.5. The Morgan fingerprint density at radius 1 is 0.207 bits per heavy atom. The molecule has 0 aromatic heterocycles. The van der Waals surface area contributed by atoms with Crippen LogP contribution in [0, 0.1) is 111 Å². The maximum atomic E-state index is 11.9. The van der Waals surface area contributed by atoms with E-state index in [0.29, 0.717) is 24.4 Å². The molecule has 0 bridgehead atoms. The number of carboxylic acid groups (broad SMARTS) is 2. The average molecular weight is 1520 g/mol. The van der Waals surface area contributed by atoms with E-state index in [9.17, 15) is 29.4 Å². The number of carboxylic acids is 2. The summed E-state index contributed by atoms with van der Waals surface area (Å²) in [6.07, 6.45) is 0. The van der Waals surface area contributed by atoms with Crippen LogP contribution in [0.4, 0.5) is 0 Å². The molecule has 0 aliphatic carbocycles. The fraction of sp³-hybridized carbons (Fsp3) is 0.148. The summed E-state index contributed by atoms with van der Waals surface area (Å²) in [5.41, 5.74) is 45.7. The van der Waals surface area contributed by atoms with Crippen molar-refractivity contribution in [3.05, 3.63) is 331 Å². The van der Waals surface area contributed by atoms with Gasteiger partial charge < -0.3 is 19.7 Å². The first-order valence-corrected chi connectivity index (χ1v) is 39.5. The highest BCUT2D eigenvalue weighted by Gasteiger charge is 2.27. The van der Waals surface area contributed by atoms with E-state index in [1.807, 2.05) is 72.8 Å². The zero-order valence-corrected chi connectivity index (χ0v) is 68.4. The molecule has 0 saturated carbocycles. The Labute approximate surface area is 678 Å². The molecule has 8 heteroatoms. The number of carbonyl (C=O) groups is 4. The number of hydrogen-bond acceptors (Lipinski definition) is 6. The summed E-state index contributed by atoms with van der Waals surface area (Å²) in [5, 5.41) is 26.5. The summed E-state index contributed by atoms with van der Waals surface area (Å²) in [5.74, 6) is -0.896. The molecule has 570 valence electrons. The molecule has 0 radical (unpaired) electrons. The molecule has 2 N–H and O–H groups in total. The molecular weight excluding hydrogens is 1430 g/mol. The maximum absolute atomic E-state index is 11.9. The van der Waals surface area contributed by atoms with E-state index in [-0.39, 0.29) is 11.1 Å². The van der Waals surface area contributed by atoms with E-state index in [1.54, 1.807) is 24.3 Å². The summed E-state index contributed by atoms with van der Waals surface area (Å²) in [6.45, 7) is 36.3. The number of aryl methyl sites for hydroxylation is 16. The zero-order chi connectivity index (χ0) is 81.7. The molecular formula is C108H90O8. The third-order valence-electron chi connectivity index (χ3n) is 24.4. The van der Waals surface area contributed by atoms with Gasteiger partial charge in [-0.05, 0) is 426 Å². The minimum atomic E-state index is -0.948. The molecule has 0 spiro atoms. The van der Waals surface area contributed by atoms with E-state index in [2.05, 4.69) is 244 Å². The quantitative estimate of drug-likeness (QED) is 0.0642. The lowest BCUT2D eigenvalue weighted by Crippen LogP contribution is -1.99. The monoisotopic (exact) mass is 1510 g/mol. The van der Waals surface area contributed by atoms with Gasteiger partial charge in [-0.2, -0.15) is 0 Å². The third kappa shape index (κ3) is 13.6. The van der Waals surface area contributed by atoms with Crippen LogP contribution in [0.1, 0.15) is 110 Å². The van der Waals surface area contributed by atoms with Gasteiger partial charge in [-0.1, -0.05) is 170 Å². The minimum Gasteiger partial charge on any atom is -0.478 e. The Morgan fingerprint density at radius 3 is 0.534 bits per heavy atom. The standard InChI is InChI=1S/C108H90O8/c1-57-41-89(61(5)37-85(57)73-17-21-77(22-18-73)107(111)112)93-45-69(13)97(49-65(93)9)101-53-103(99-51-67(11)95(47-71(99)15)91-43-59(3)87(39-63(91)7)75-25-29-79(30-26-75)115-55-109)83-35-36-84-104(100-52-68(12)96(48-72(100)16)92-44-60(4)88(40-64(92)8)76-27-31-80(32-28-76)116-56-110)54-102(82-34-33-81(101)105(83)106(82)84)98-50-66(10)94(46-70(98)14)90-42-58(2)86(38-62(90)6)74-19-23-78(24-20-74)108(113)114/h17-56H,1-16H3,(H,111,112)(H,113,114). The highest BCUT2D eigenvalue weighted by atomic mass is 16.5. The first-order chi connectivity index (χ1) is 55.6. The first kappa shape index (κ1) is 76.4. The van der Waals surface area contributed by atoms with Crippen LogP contribution in [0.3, 0.4) is 0 Å². The van der Waals surface area contributed by atoms with Gasteiger partial charge >= 0.3 is 11.9 Å². The largest absolute Gasteiger partial charge is 0.478 e.